The fraction of sp³-hybridized carbons (Fsp3) is 0.367. The summed E-state index contributed by atoms with van der Waals surface area (Å²) in [6.45, 7) is 0.457. The maximum atomic E-state index is 14.4. The van der Waals surface area contributed by atoms with E-state index in [-0.39, 0.29) is 27.4 Å². The van der Waals surface area contributed by atoms with E-state index in [9.17, 15) is 17.6 Å². The van der Waals surface area contributed by atoms with Crippen LogP contribution in [0.1, 0.15) is 42.5 Å². The number of carbonyl (C=O) groups is 1. The fourth-order valence-electron chi connectivity index (χ4n) is 5.85. The minimum absolute atomic E-state index is 0.0903. The lowest BCUT2D eigenvalue weighted by atomic mass is 9.83. The summed E-state index contributed by atoms with van der Waals surface area (Å²) in [6.07, 6.45) is 5.25. The van der Waals surface area contributed by atoms with E-state index in [2.05, 4.69) is 0 Å². The highest BCUT2D eigenvalue weighted by molar-refractivity contribution is 7.89. The Labute approximate surface area is 239 Å². The SMILES string of the molecule is COC(=O)c1cc(-c2cc3c(cc2Cl)N(c2ccc(OC)cc2)C[C@@H](C2CCCCC2)N(C)S3(=O)=O)ccc1F. The first-order valence-electron chi connectivity index (χ1n) is 13.3. The van der Waals surface area contributed by atoms with Gasteiger partial charge in [-0.1, -0.05) is 36.9 Å². The minimum atomic E-state index is -3.95. The van der Waals surface area contributed by atoms with Gasteiger partial charge in [0.05, 0.1) is 30.5 Å². The fourth-order valence-corrected chi connectivity index (χ4v) is 7.72. The van der Waals surface area contributed by atoms with Gasteiger partial charge in [0.25, 0.3) is 0 Å². The van der Waals surface area contributed by atoms with Crippen molar-refractivity contribution in [1.82, 2.24) is 4.31 Å². The first-order valence-corrected chi connectivity index (χ1v) is 15.1. The molecule has 40 heavy (non-hydrogen) atoms. The lowest BCUT2D eigenvalue weighted by molar-refractivity contribution is 0.0595. The van der Waals surface area contributed by atoms with E-state index >= 15 is 0 Å². The van der Waals surface area contributed by atoms with E-state index in [0.29, 0.717) is 29.1 Å². The molecule has 212 valence electrons. The summed E-state index contributed by atoms with van der Waals surface area (Å²) in [5.41, 5.74) is 1.78. The van der Waals surface area contributed by atoms with Crippen LogP contribution < -0.4 is 9.64 Å². The molecule has 1 saturated carbocycles. The number of nitrogens with zero attached hydrogens (tertiary/aromatic N) is 2. The average molecular weight is 587 g/mol. The zero-order valence-electron chi connectivity index (χ0n) is 22.7. The number of anilines is 2. The molecule has 5 rings (SSSR count). The van der Waals surface area contributed by atoms with Crippen LogP contribution in [-0.2, 0) is 14.8 Å². The topological polar surface area (TPSA) is 76.2 Å². The highest BCUT2D eigenvalue weighted by atomic mass is 35.5. The van der Waals surface area contributed by atoms with E-state index in [0.717, 1.165) is 43.9 Å². The Bertz CT molecular complexity index is 1520. The molecule has 0 bridgehead atoms. The van der Waals surface area contributed by atoms with Gasteiger partial charge in [-0.15, -0.1) is 0 Å². The van der Waals surface area contributed by atoms with Crippen LogP contribution in [0.2, 0.25) is 5.02 Å². The molecular weight excluding hydrogens is 555 g/mol. The Morgan fingerprint density at radius 3 is 2.35 bits per heavy atom. The van der Waals surface area contributed by atoms with Crippen molar-refractivity contribution in [3.05, 3.63) is 71.0 Å². The van der Waals surface area contributed by atoms with Gasteiger partial charge in [-0.3, -0.25) is 0 Å². The molecule has 1 aliphatic heterocycles. The van der Waals surface area contributed by atoms with Crippen LogP contribution in [0.3, 0.4) is 0 Å². The molecule has 1 fully saturated rings. The predicted molar refractivity (Wildman–Crippen MR) is 153 cm³/mol. The first-order chi connectivity index (χ1) is 19.1. The van der Waals surface area contributed by atoms with Crippen molar-refractivity contribution in [2.45, 2.75) is 43.0 Å². The summed E-state index contributed by atoms with van der Waals surface area (Å²) in [5, 5.41) is 0.272. The molecule has 2 aliphatic rings. The van der Waals surface area contributed by atoms with Gasteiger partial charge in [0.15, 0.2) is 0 Å². The molecule has 0 N–H and O–H groups in total. The van der Waals surface area contributed by atoms with Crippen molar-refractivity contribution in [2.24, 2.45) is 5.92 Å². The summed E-state index contributed by atoms with van der Waals surface area (Å²) >= 11 is 6.80. The lowest BCUT2D eigenvalue weighted by Crippen LogP contribution is -2.46. The number of likely N-dealkylation sites (N-methyl/N-ethyl adjacent to an activating group) is 1. The third-order valence-corrected chi connectivity index (χ3v) is 10.3. The molecule has 0 unspecified atom stereocenters. The monoisotopic (exact) mass is 586 g/mol. The zero-order valence-corrected chi connectivity index (χ0v) is 24.3. The summed E-state index contributed by atoms with van der Waals surface area (Å²) in [5.74, 6) is -0.662. The second kappa shape index (κ2) is 11.4. The largest absolute Gasteiger partial charge is 0.497 e. The maximum Gasteiger partial charge on any atom is 0.340 e. The van der Waals surface area contributed by atoms with E-state index in [1.54, 1.807) is 20.2 Å². The van der Waals surface area contributed by atoms with Gasteiger partial charge in [-0.2, -0.15) is 4.31 Å². The van der Waals surface area contributed by atoms with Gasteiger partial charge < -0.3 is 14.4 Å². The third-order valence-electron chi connectivity index (χ3n) is 8.09. The van der Waals surface area contributed by atoms with Crippen LogP contribution in [0.15, 0.2) is 59.5 Å². The van der Waals surface area contributed by atoms with Crippen molar-refractivity contribution in [3.63, 3.8) is 0 Å². The first kappa shape index (κ1) is 28.4. The average Bonchev–Trinajstić information content (AvgIpc) is 3.05. The molecule has 7 nitrogen and oxygen atoms in total. The molecule has 0 spiro atoms. The smallest absolute Gasteiger partial charge is 0.340 e. The number of methoxy groups -OCH3 is 2. The van der Waals surface area contributed by atoms with Crippen LogP contribution in [0.25, 0.3) is 11.1 Å². The van der Waals surface area contributed by atoms with E-state index in [1.165, 1.54) is 29.6 Å². The number of fused-ring (bicyclic) bond motifs is 1. The number of ether oxygens (including phenoxy) is 2. The Balaban J connectivity index is 1.70. The molecule has 3 aromatic rings. The number of rotatable bonds is 5. The highest BCUT2D eigenvalue weighted by Crippen LogP contribution is 2.45. The van der Waals surface area contributed by atoms with Crippen molar-refractivity contribution in [3.8, 4) is 16.9 Å². The third kappa shape index (κ3) is 5.18. The van der Waals surface area contributed by atoms with Crippen molar-refractivity contribution in [2.75, 3.05) is 32.7 Å². The number of hydrogen-bond acceptors (Lipinski definition) is 6. The second-order valence-electron chi connectivity index (χ2n) is 10.3. The second-order valence-corrected chi connectivity index (χ2v) is 12.7. The minimum Gasteiger partial charge on any atom is -0.497 e. The summed E-state index contributed by atoms with van der Waals surface area (Å²) in [4.78, 5) is 14.2. The van der Waals surface area contributed by atoms with Gasteiger partial charge in [-0.05, 0) is 72.9 Å². The van der Waals surface area contributed by atoms with E-state index < -0.39 is 21.8 Å². The van der Waals surface area contributed by atoms with Gasteiger partial charge in [-0.25, -0.2) is 17.6 Å². The Morgan fingerprint density at radius 2 is 1.70 bits per heavy atom. The van der Waals surface area contributed by atoms with Crippen LogP contribution >= 0.6 is 11.6 Å². The number of benzene rings is 3. The number of esters is 1. The normalized spacial score (nSPS) is 19.5. The van der Waals surface area contributed by atoms with Crippen molar-refractivity contribution < 1.29 is 27.1 Å². The quantitative estimate of drug-likeness (QED) is 0.311. The molecule has 0 radical (unpaired) electrons. The Morgan fingerprint density at radius 1 is 1.00 bits per heavy atom. The predicted octanol–water partition coefficient (Wildman–Crippen LogP) is 6.66. The zero-order chi connectivity index (χ0) is 28.6. The van der Waals surface area contributed by atoms with Gasteiger partial charge in [0.1, 0.15) is 16.5 Å². The van der Waals surface area contributed by atoms with Gasteiger partial charge in [0.2, 0.25) is 10.0 Å². The molecule has 1 atom stereocenters. The van der Waals surface area contributed by atoms with Crippen molar-refractivity contribution >= 4 is 39.0 Å². The molecule has 3 aromatic carbocycles. The number of sulfonamides is 1. The highest BCUT2D eigenvalue weighted by Gasteiger charge is 2.41. The standard InChI is InChI=1S/C30H32ClFN2O5S/c1-33-28(19-7-5-4-6-8-19)18-34(21-10-12-22(38-2)13-11-21)27-17-25(31)23(16-29(27)40(33,36)37)20-9-14-26(32)24(15-20)30(35)39-3/h9-17,19,28H,4-8,18H2,1-3H3/t28-/m0/s1. The molecule has 1 heterocycles. The van der Waals surface area contributed by atoms with E-state index in [1.807, 2.05) is 29.2 Å². The van der Waals surface area contributed by atoms with Crippen molar-refractivity contribution in [1.29, 1.82) is 0 Å². The number of halogens is 2. The summed E-state index contributed by atoms with van der Waals surface area (Å²) < 4.78 is 54.4. The van der Waals surface area contributed by atoms with Crippen LogP contribution in [0, 0.1) is 11.7 Å². The number of hydrogen-bond donors (Lipinski definition) is 0. The maximum absolute atomic E-state index is 14.4. The van der Waals surface area contributed by atoms with Crippen LogP contribution in [-0.4, -0.2) is 52.5 Å². The lowest BCUT2D eigenvalue weighted by Gasteiger charge is -2.36. The molecular formula is C30H32ClFN2O5S. The Hall–Kier alpha value is -3.14. The van der Waals surface area contributed by atoms with Gasteiger partial charge in [0, 0.05) is 30.9 Å². The molecule has 0 aromatic heterocycles. The van der Waals surface area contributed by atoms with Crippen LogP contribution in [0.4, 0.5) is 15.8 Å². The molecule has 0 amide bonds. The van der Waals surface area contributed by atoms with Gasteiger partial charge >= 0.3 is 5.97 Å². The van der Waals surface area contributed by atoms with E-state index in [4.69, 9.17) is 21.1 Å². The molecule has 10 heteroatoms. The summed E-state index contributed by atoms with van der Waals surface area (Å²) in [6, 6.07) is 14.4. The summed E-state index contributed by atoms with van der Waals surface area (Å²) in [7, 11) is 0.463. The van der Waals surface area contributed by atoms with Crippen LogP contribution in [0.5, 0.6) is 5.75 Å². The number of carbonyl (C=O) groups excluding carboxylic acids is 1. The molecule has 1 aliphatic carbocycles. The Kier molecular flexibility index (Phi) is 8.08. The molecule has 0 saturated heterocycles.